The molecule has 0 saturated heterocycles. The van der Waals surface area contributed by atoms with Crippen molar-refractivity contribution < 1.29 is 9.53 Å². The molecule has 0 aromatic carbocycles. The van der Waals surface area contributed by atoms with Gasteiger partial charge < -0.3 is 4.74 Å². The summed E-state index contributed by atoms with van der Waals surface area (Å²) in [6.07, 6.45) is 1.68. The quantitative estimate of drug-likeness (QED) is 0.729. The molecule has 0 fully saturated rings. The van der Waals surface area contributed by atoms with Crippen molar-refractivity contribution in [2.24, 2.45) is 0 Å². The van der Waals surface area contributed by atoms with E-state index in [4.69, 9.17) is 4.74 Å². The highest BCUT2D eigenvalue weighted by molar-refractivity contribution is 5.79. The Labute approximate surface area is 89.2 Å². The Morgan fingerprint density at radius 2 is 2.33 bits per heavy atom. The van der Waals surface area contributed by atoms with Gasteiger partial charge in [-0.05, 0) is 26.8 Å². The zero-order valence-electron chi connectivity index (χ0n) is 9.50. The summed E-state index contributed by atoms with van der Waals surface area (Å²) in [5.41, 5.74) is 0.228. The van der Waals surface area contributed by atoms with E-state index in [0.29, 0.717) is 0 Å². The van der Waals surface area contributed by atoms with Gasteiger partial charge in [-0.2, -0.15) is 5.10 Å². The minimum Gasteiger partial charge on any atom is -0.468 e. The summed E-state index contributed by atoms with van der Waals surface area (Å²) >= 11 is 0. The van der Waals surface area contributed by atoms with Gasteiger partial charge in [0.25, 0.3) is 0 Å². The second-order valence-corrected chi connectivity index (χ2v) is 3.99. The Morgan fingerprint density at radius 3 is 2.80 bits per heavy atom. The van der Waals surface area contributed by atoms with Crippen LogP contribution in [-0.4, -0.2) is 28.8 Å². The lowest BCUT2D eigenvalue weighted by molar-refractivity contribution is -0.147. The molecule has 1 heterocycles. The Kier molecular flexibility index (Phi) is 3.47. The van der Waals surface area contributed by atoms with Crippen LogP contribution in [0, 0.1) is 0 Å². The van der Waals surface area contributed by atoms with Crippen molar-refractivity contribution in [2.45, 2.75) is 32.4 Å². The first-order valence-electron chi connectivity index (χ1n) is 4.83. The number of ether oxygens (including phenoxy) is 1. The molecule has 1 unspecified atom stereocenters. The van der Waals surface area contributed by atoms with Crippen LogP contribution in [0.1, 0.15) is 32.5 Å². The Hall–Kier alpha value is -1.36. The fourth-order valence-corrected chi connectivity index (χ4v) is 1.44. The molecule has 0 aliphatic rings. The number of H-pyrrole nitrogens is 1. The summed E-state index contributed by atoms with van der Waals surface area (Å²) in [5, 5.41) is 9.87. The zero-order chi connectivity index (χ0) is 11.5. The first-order valence-corrected chi connectivity index (χ1v) is 4.83. The molecule has 84 valence electrons. The number of aromatic nitrogens is 2. The minimum atomic E-state index is -0.709. The van der Waals surface area contributed by atoms with Gasteiger partial charge in [0, 0.05) is 12.2 Å². The SMILES string of the molecule is COC(=O)C(C)(C)NC(C)c1ccn[nH]1. The normalized spacial score (nSPS) is 13.6. The van der Waals surface area contributed by atoms with Crippen LogP contribution in [0.2, 0.25) is 0 Å². The van der Waals surface area contributed by atoms with E-state index < -0.39 is 5.54 Å². The summed E-state index contributed by atoms with van der Waals surface area (Å²) in [6.45, 7) is 5.52. The van der Waals surface area contributed by atoms with Gasteiger partial charge in [-0.15, -0.1) is 0 Å². The lowest BCUT2D eigenvalue weighted by Gasteiger charge is -2.26. The van der Waals surface area contributed by atoms with Crippen LogP contribution in [0.5, 0.6) is 0 Å². The fourth-order valence-electron chi connectivity index (χ4n) is 1.44. The number of nitrogens with one attached hydrogen (secondary N) is 2. The number of carbonyl (C=O) groups excluding carboxylic acids is 1. The van der Waals surface area contributed by atoms with Crippen LogP contribution in [-0.2, 0) is 9.53 Å². The molecule has 1 rings (SSSR count). The molecule has 2 N–H and O–H groups in total. The largest absolute Gasteiger partial charge is 0.468 e. The molecule has 1 atom stereocenters. The molecule has 0 saturated carbocycles. The summed E-state index contributed by atoms with van der Waals surface area (Å²) in [4.78, 5) is 11.4. The summed E-state index contributed by atoms with van der Waals surface area (Å²) in [5.74, 6) is -0.283. The van der Waals surface area contributed by atoms with Gasteiger partial charge in [0.1, 0.15) is 5.54 Å². The highest BCUT2D eigenvalue weighted by Crippen LogP contribution is 2.14. The molecule has 0 bridgehead atoms. The molecule has 5 heteroatoms. The van der Waals surface area contributed by atoms with Crippen molar-refractivity contribution in [1.82, 2.24) is 15.5 Å². The molecule has 15 heavy (non-hydrogen) atoms. The van der Waals surface area contributed by atoms with Gasteiger partial charge in [-0.1, -0.05) is 0 Å². The standard InChI is InChI=1S/C10H17N3O2/c1-7(8-5-6-11-13-8)12-10(2,3)9(14)15-4/h5-7,12H,1-4H3,(H,11,13). The zero-order valence-corrected chi connectivity index (χ0v) is 9.50. The van der Waals surface area contributed by atoms with E-state index in [0.717, 1.165) is 5.69 Å². The molecule has 0 aliphatic carbocycles. The monoisotopic (exact) mass is 211 g/mol. The molecular formula is C10H17N3O2. The van der Waals surface area contributed by atoms with Crippen molar-refractivity contribution in [2.75, 3.05) is 7.11 Å². The Bertz CT molecular complexity index is 319. The molecule has 0 aliphatic heterocycles. The third-order valence-corrected chi connectivity index (χ3v) is 2.26. The van der Waals surface area contributed by atoms with Crippen molar-refractivity contribution in [1.29, 1.82) is 0 Å². The van der Waals surface area contributed by atoms with E-state index in [-0.39, 0.29) is 12.0 Å². The van der Waals surface area contributed by atoms with Gasteiger partial charge >= 0.3 is 5.97 Å². The van der Waals surface area contributed by atoms with Gasteiger partial charge in [-0.3, -0.25) is 15.2 Å². The Morgan fingerprint density at radius 1 is 1.67 bits per heavy atom. The molecule has 0 amide bonds. The first-order chi connectivity index (χ1) is 6.97. The van der Waals surface area contributed by atoms with E-state index in [1.54, 1.807) is 20.0 Å². The number of nitrogens with zero attached hydrogens (tertiary/aromatic N) is 1. The van der Waals surface area contributed by atoms with Gasteiger partial charge in [0.05, 0.1) is 12.8 Å². The predicted octanol–water partition coefficient (Wildman–Crippen LogP) is 1.01. The smallest absolute Gasteiger partial charge is 0.325 e. The molecule has 1 aromatic rings. The highest BCUT2D eigenvalue weighted by atomic mass is 16.5. The van der Waals surface area contributed by atoms with Gasteiger partial charge in [-0.25, -0.2) is 0 Å². The number of carbonyl (C=O) groups is 1. The molecule has 0 radical (unpaired) electrons. The maximum absolute atomic E-state index is 11.4. The third-order valence-electron chi connectivity index (χ3n) is 2.26. The third kappa shape index (κ3) is 2.79. The van der Waals surface area contributed by atoms with Crippen LogP contribution in [0.15, 0.2) is 12.3 Å². The summed E-state index contributed by atoms with van der Waals surface area (Å²) < 4.78 is 4.71. The predicted molar refractivity (Wildman–Crippen MR) is 56.2 cm³/mol. The number of aromatic amines is 1. The summed E-state index contributed by atoms with van der Waals surface area (Å²) in [6, 6.07) is 1.88. The van der Waals surface area contributed by atoms with E-state index in [1.807, 2.05) is 13.0 Å². The maximum Gasteiger partial charge on any atom is 0.325 e. The Balaban J connectivity index is 2.65. The average molecular weight is 211 g/mol. The number of hydrogen-bond donors (Lipinski definition) is 2. The van der Waals surface area contributed by atoms with Crippen molar-refractivity contribution >= 4 is 5.97 Å². The number of hydrogen-bond acceptors (Lipinski definition) is 4. The van der Waals surface area contributed by atoms with Gasteiger partial charge in [0.2, 0.25) is 0 Å². The minimum absolute atomic E-state index is 0.0154. The highest BCUT2D eigenvalue weighted by Gasteiger charge is 2.30. The van der Waals surface area contributed by atoms with E-state index in [2.05, 4.69) is 15.5 Å². The van der Waals surface area contributed by atoms with E-state index in [9.17, 15) is 4.79 Å². The van der Waals surface area contributed by atoms with Gasteiger partial charge in [0.15, 0.2) is 0 Å². The topological polar surface area (TPSA) is 67.0 Å². The van der Waals surface area contributed by atoms with Crippen molar-refractivity contribution in [3.05, 3.63) is 18.0 Å². The number of methoxy groups -OCH3 is 1. The lowest BCUT2D eigenvalue weighted by atomic mass is 10.0. The first kappa shape index (κ1) is 11.7. The molecule has 0 spiro atoms. The lowest BCUT2D eigenvalue weighted by Crippen LogP contribution is -2.48. The fraction of sp³-hybridized carbons (Fsp3) is 0.600. The maximum atomic E-state index is 11.4. The van der Waals surface area contributed by atoms with Crippen LogP contribution < -0.4 is 5.32 Å². The number of esters is 1. The van der Waals surface area contributed by atoms with Crippen molar-refractivity contribution in [3.8, 4) is 0 Å². The van der Waals surface area contributed by atoms with E-state index >= 15 is 0 Å². The molecular weight excluding hydrogens is 194 g/mol. The van der Waals surface area contributed by atoms with Crippen LogP contribution in [0.4, 0.5) is 0 Å². The second kappa shape index (κ2) is 4.44. The van der Waals surface area contributed by atoms with Crippen LogP contribution in [0.25, 0.3) is 0 Å². The van der Waals surface area contributed by atoms with E-state index in [1.165, 1.54) is 7.11 Å². The second-order valence-electron chi connectivity index (χ2n) is 3.99. The van der Waals surface area contributed by atoms with Crippen LogP contribution >= 0.6 is 0 Å². The molecule has 1 aromatic heterocycles. The average Bonchev–Trinajstić information content (AvgIpc) is 2.68. The van der Waals surface area contributed by atoms with Crippen molar-refractivity contribution in [3.63, 3.8) is 0 Å². The molecule has 5 nitrogen and oxygen atoms in total. The number of rotatable bonds is 4. The van der Waals surface area contributed by atoms with Crippen LogP contribution in [0.3, 0.4) is 0 Å². The summed E-state index contributed by atoms with van der Waals surface area (Å²) in [7, 11) is 1.38.